The van der Waals surface area contributed by atoms with E-state index in [0.29, 0.717) is 33.0 Å². The van der Waals surface area contributed by atoms with Crippen LogP contribution in [-0.2, 0) is 25.5 Å². The van der Waals surface area contributed by atoms with Gasteiger partial charge < -0.3 is 28.5 Å². The average molecular weight is 639 g/mol. The van der Waals surface area contributed by atoms with Crippen molar-refractivity contribution >= 4 is 21.5 Å². The van der Waals surface area contributed by atoms with Crippen LogP contribution >= 0.6 is 0 Å². The highest BCUT2D eigenvalue weighted by Crippen LogP contribution is 2.27. The summed E-state index contributed by atoms with van der Waals surface area (Å²) in [5.41, 5.74) is 5.79. The van der Waals surface area contributed by atoms with E-state index in [4.69, 9.17) is 18.9 Å². The lowest BCUT2D eigenvalue weighted by Gasteiger charge is -2.12. The molecule has 0 saturated heterocycles. The summed E-state index contributed by atoms with van der Waals surface area (Å²) in [5, 5.41) is 4.47. The topological polar surface area (TPSA) is 83.4 Å². The first-order valence-electron chi connectivity index (χ1n) is 16.2. The van der Waals surface area contributed by atoms with Crippen molar-refractivity contribution in [3.8, 4) is 46.2 Å². The van der Waals surface area contributed by atoms with Crippen LogP contribution in [-0.4, -0.2) is 58.5 Å². The first-order valence-corrected chi connectivity index (χ1v) is 16.2. The van der Waals surface area contributed by atoms with Crippen molar-refractivity contribution in [2.45, 2.75) is 39.9 Å². The van der Waals surface area contributed by atoms with E-state index in [-0.39, 0.29) is 0 Å². The number of nitrogens with one attached hydrogen (secondary N) is 1. The van der Waals surface area contributed by atoms with Crippen LogP contribution in [0.15, 0.2) is 97.8 Å². The number of ether oxygens (including phenoxy) is 4. The third kappa shape index (κ3) is 8.38. The Kier molecular flexibility index (Phi) is 10.9. The van der Waals surface area contributed by atoms with Crippen molar-refractivity contribution in [1.29, 1.82) is 0 Å². The monoisotopic (exact) mass is 638 g/mol. The number of aromatic amines is 1. The molecule has 6 aromatic rings. The molecule has 2 heterocycles. The van der Waals surface area contributed by atoms with Gasteiger partial charge in [-0.15, -0.1) is 0 Å². The number of hydrogen-bond acceptors (Lipinski definition) is 6. The molecule has 1 atom stereocenters. The molecule has 0 fully saturated rings. The van der Waals surface area contributed by atoms with E-state index in [1.807, 2.05) is 56.2 Å². The summed E-state index contributed by atoms with van der Waals surface area (Å²) in [5.74, 6) is 12.6. The highest BCUT2D eigenvalue weighted by Gasteiger charge is 2.09. The van der Waals surface area contributed by atoms with Crippen molar-refractivity contribution in [2.75, 3.05) is 26.4 Å². The molecule has 2 aromatic heterocycles. The van der Waals surface area contributed by atoms with Gasteiger partial charge in [0.25, 0.3) is 0 Å². The number of benzene rings is 4. The predicted octanol–water partition coefficient (Wildman–Crippen LogP) is 7.43. The number of aromatic nitrogens is 4. The Morgan fingerprint density at radius 1 is 0.688 bits per heavy atom. The molecule has 48 heavy (non-hydrogen) atoms. The van der Waals surface area contributed by atoms with Gasteiger partial charge in [0.1, 0.15) is 0 Å². The molecule has 0 amide bonds. The van der Waals surface area contributed by atoms with Gasteiger partial charge in [-0.25, -0.2) is 9.97 Å². The maximum absolute atomic E-state index is 6.04. The smallest absolute Gasteiger partial charge is 0.222 e. The highest BCUT2D eigenvalue weighted by molar-refractivity contribution is 5.90. The minimum absolute atomic E-state index is 0.421. The molecule has 8 heteroatoms. The molecule has 1 N–H and O–H groups in total. The molecule has 0 saturated carbocycles. The van der Waals surface area contributed by atoms with Gasteiger partial charge >= 0.3 is 0 Å². The minimum atomic E-state index is -0.649. The van der Waals surface area contributed by atoms with Crippen LogP contribution in [0, 0.1) is 23.7 Å². The Morgan fingerprint density at radius 3 is 1.90 bits per heavy atom. The number of H-pyrrole nitrogens is 1. The third-order valence-electron chi connectivity index (χ3n) is 7.66. The molecule has 0 aliphatic heterocycles. The Balaban J connectivity index is 1.09. The molecular formula is C40H38N4O4. The van der Waals surface area contributed by atoms with Crippen LogP contribution < -0.4 is 0 Å². The van der Waals surface area contributed by atoms with Gasteiger partial charge in [0.05, 0.1) is 36.8 Å². The van der Waals surface area contributed by atoms with Gasteiger partial charge in [0.15, 0.2) is 0 Å². The summed E-state index contributed by atoms with van der Waals surface area (Å²) in [7, 11) is 0. The number of rotatable bonds is 12. The zero-order chi connectivity index (χ0) is 33.1. The summed E-state index contributed by atoms with van der Waals surface area (Å²) in [4.78, 5) is 12.0. The maximum atomic E-state index is 6.04. The highest BCUT2D eigenvalue weighted by atomic mass is 16.7. The summed E-state index contributed by atoms with van der Waals surface area (Å²) < 4.78 is 24.9. The summed E-state index contributed by atoms with van der Waals surface area (Å²) in [6.07, 6.45) is 6.20. The van der Waals surface area contributed by atoms with Crippen LogP contribution in [0.4, 0.5) is 0 Å². The van der Waals surface area contributed by atoms with E-state index >= 15 is 0 Å². The fourth-order valence-corrected chi connectivity index (χ4v) is 5.29. The van der Waals surface area contributed by atoms with Gasteiger partial charge in [-0.3, -0.25) is 0 Å². The second-order valence-corrected chi connectivity index (χ2v) is 11.0. The standard InChI is InChI=1S/C40H38N4O4/c1-4-45-39(46-5-2)17-9-29-7-11-31-12-8-30(22-35(31)21-29)10-18-40(47-6-3)48-20-19-44-26-38(43-28-44)34-16-14-32-13-15-33(23-36(32)24-34)37-25-41-27-42-37/h7-8,11-16,21-28,39-40H,4-6,19-20H2,1-3H3,(H,41,42). The molecule has 0 aliphatic carbocycles. The SMILES string of the molecule is CCOC(C#Cc1ccc2ccc(C#CC(OCC)OCCn3cnc(-c4ccc5ccc(-c6cnc[nH]6)cc5c4)c3)cc2c1)OCC. The molecule has 8 nitrogen and oxygen atoms in total. The summed E-state index contributed by atoms with van der Waals surface area (Å²) >= 11 is 0. The van der Waals surface area contributed by atoms with E-state index in [1.54, 1.807) is 6.33 Å². The Hall–Kier alpha value is -5.22. The van der Waals surface area contributed by atoms with Crippen LogP contribution in [0.3, 0.4) is 0 Å². The van der Waals surface area contributed by atoms with Crippen LogP contribution in [0.5, 0.6) is 0 Å². The number of nitrogens with zero attached hydrogens (tertiary/aromatic N) is 3. The van der Waals surface area contributed by atoms with E-state index < -0.39 is 12.6 Å². The van der Waals surface area contributed by atoms with Crippen molar-refractivity contribution < 1.29 is 18.9 Å². The van der Waals surface area contributed by atoms with Crippen LogP contribution in [0.25, 0.3) is 44.1 Å². The van der Waals surface area contributed by atoms with Gasteiger partial charge in [-0.05, 0) is 90.6 Å². The molecule has 0 spiro atoms. The Morgan fingerprint density at radius 2 is 1.27 bits per heavy atom. The largest absolute Gasteiger partial charge is 0.345 e. The first-order chi connectivity index (χ1) is 23.6. The van der Waals surface area contributed by atoms with E-state index in [9.17, 15) is 0 Å². The van der Waals surface area contributed by atoms with Gasteiger partial charge in [-0.1, -0.05) is 48.2 Å². The summed E-state index contributed by atoms with van der Waals surface area (Å²) in [6.45, 7) is 8.39. The Labute approximate surface area is 281 Å². The molecule has 4 aromatic carbocycles. The number of imidazole rings is 2. The molecule has 0 bridgehead atoms. The van der Waals surface area contributed by atoms with Gasteiger partial charge in [-0.2, -0.15) is 0 Å². The fourth-order valence-electron chi connectivity index (χ4n) is 5.29. The normalized spacial score (nSPS) is 11.8. The van der Waals surface area contributed by atoms with E-state index in [0.717, 1.165) is 49.8 Å². The first kappa shape index (κ1) is 32.7. The lowest BCUT2D eigenvalue weighted by atomic mass is 10.0. The van der Waals surface area contributed by atoms with Gasteiger partial charge in [0, 0.05) is 54.8 Å². The van der Waals surface area contributed by atoms with Crippen LogP contribution in [0.2, 0.25) is 0 Å². The molecule has 0 radical (unpaired) electrons. The zero-order valence-corrected chi connectivity index (χ0v) is 27.4. The second kappa shape index (κ2) is 16.1. The minimum Gasteiger partial charge on any atom is -0.345 e. The van der Waals surface area contributed by atoms with Crippen molar-refractivity contribution in [3.05, 3.63) is 109 Å². The van der Waals surface area contributed by atoms with Gasteiger partial charge in [0.2, 0.25) is 12.6 Å². The lowest BCUT2D eigenvalue weighted by molar-refractivity contribution is -0.103. The zero-order valence-electron chi connectivity index (χ0n) is 27.4. The van der Waals surface area contributed by atoms with E-state index in [1.165, 1.54) is 5.39 Å². The lowest BCUT2D eigenvalue weighted by Crippen LogP contribution is -2.18. The van der Waals surface area contributed by atoms with Crippen LogP contribution in [0.1, 0.15) is 31.9 Å². The Bertz CT molecular complexity index is 2090. The summed E-state index contributed by atoms with van der Waals surface area (Å²) in [6, 6.07) is 25.0. The molecule has 0 aliphatic rings. The average Bonchev–Trinajstić information content (AvgIpc) is 3.83. The van der Waals surface area contributed by atoms with E-state index in [2.05, 4.69) is 99.3 Å². The third-order valence-corrected chi connectivity index (χ3v) is 7.66. The fraction of sp³-hybridized carbons (Fsp3) is 0.250. The number of fused-ring (bicyclic) bond motifs is 2. The van der Waals surface area contributed by atoms with Crippen molar-refractivity contribution in [2.24, 2.45) is 0 Å². The van der Waals surface area contributed by atoms with Crippen molar-refractivity contribution in [1.82, 2.24) is 19.5 Å². The van der Waals surface area contributed by atoms with Crippen molar-refractivity contribution in [3.63, 3.8) is 0 Å². The molecular weight excluding hydrogens is 600 g/mol. The predicted molar refractivity (Wildman–Crippen MR) is 189 cm³/mol. The molecule has 1 unspecified atom stereocenters. The maximum Gasteiger partial charge on any atom is 0.222 e. The second-order valence-electron chi connectivity index (χ2n) is 11.0. The molecule has 6 rings (SSSR count). The molecule has 242 valence electrons. The quantitative estimate of drug-likeness (QED) is 0.111. The number of hydrogen-bond donors (Lipinski definition) is 1.